The van der Waals surface area contributed by atoms with Crippen molar-refractivity contribution < 1.29 is 9.53 Å². The smallest absolute Gasteiger partial charge is 0.341 e. The monoisotopic (exact) mass is 324 g/mol. The molecule has 0 unspecified atom stereocenters. The Kier molecular flexibility index (Phi) is 4.74. The lowest BCUT2D eigenvalue weighted by Crippen LogP contribution is -2.13. The van der Waals surface area contributed by atoms with E-state index in [0.717, 1.165) is 17.0 Å². The van der Waals surface area contributed by atoms with Gasteiger partial charge in [-0.3, -0.25) is 9.36 Å². The van der Waals surface area contributed by atoms with E-state index in [-0.39, 0.29) is 12.6 Å². The van der Waals surface area contributed by atoms with E-state index in [1.54, 1.807) is 10.9 Å². The highest BCUT2D eigenvalue weighted by atomic mass is 16.5. The fourth-order valence-electron chi connectivity index (χ4n) is 2.54. The number of ether oxygens (including phenoxy) is 1. The average molecular weight is 324 g/mol. The number of aryl methyl sites for hydroxylation is 2. The van der Waals surface area contributed by atoms with Crippen LogP contribution in [-0.4, -0.2) is 32.1 Å². The van der Waals surface area contributed by atoms with Gasteiger partial charge in [0, 0.05) is 11.9 Å². The molecule has 24 heavy (non-hydrogen) atoms. The van der Waals surface area contributed by atoms with Gasteiger partial charge in [0.15, 0.2) is 0 Å². The lowest BCUT2D eigenvalue weighted by molar-refractivity contribution is 0.0487. The van der Waals surface area contributed by atoms with Crippen molar-refractivity contribution in [3.05, 3.63) is 71.3 Å². The summed E-state index contributed by atoms with van der Waals surface area (Å²) in [6.07, 6.45) is 3.24. The second-order valence-electron chi connectivity index (χ2n) is 5.70. The Hall–Kier alpha value is -2.89. The summed E-state index contributed by atoms with van der Waals surface area (Å²) >= 11 is 0. The number of carbonyl (C=O) groups is 1. The van der Waals surface area contributed by atoms with Gasteiger partial charge in [-0.05, 0) is 25.5 Å². The van der Waals surface area contributed by atoms with E-state index in [0.29, 0.717) is 18.7 Å². The normalized spacial score (nSPS) is 10.8. The van der Waals surface area contributed by atoms with Crippen LogP contribution in [0.2, 0.25) is 0 Å². The van der Waals surface area contributed by atoms with Crippen LogP contribution < -0.4 is 0 Å². The molecule has 0 bridgehead atoms. The Morgan fingerprint density at radius 2 is 2.00 bits per heavy atom. The van der Waals surface area contributed by atoms with Crippen molar-refractivity contribution in [1.29, 1.82) is 0 Å². The molecule has 0 atom stereocenters. The minimum atomic E-state index is -0.365. The molecule has 0 radical (unpaired) electrons. The van der Waals surface area contributed by atoms with Crippen LogP contribution in [0.3, 0.4) is 0 Å². The molecule has 6 nitrogen and oxygen atoms in total. The van der Waals surface area contributed by atoms with Crippen molar-refractivity contribution in [2.45, 2.75) is 26.9 Å². The molecular formula is C18H20N4O2. The van der Waals surface area contributed by atoms with E-state index in [1.807, 2.05) is 54.9 Å². The quantitative estimate of drug-likeness (QED) is 0.654. The van der Waals surface area contributed by atoms with Crippen LogP contribution in [0.5, 0.6) is 0 Å². The third-order valence-electron chi connectivity index (χ3n) is 3.70. The summed E-state index contributed by atoms with van der Waals surface area (Å²) in [5.74, 6) is -0.365. The lowest BCUT2D eigenvalue weighted by atomic mass is 10.2. The number of aromatic nitrogens is 4. The highest BCUT2D eigenvalue weighted by Crippen LogP contribution is 2.06. The third-order valence-corrected chi connectivity index (χ3v) is 3.70. The largest absolute Gasteiger partial charge is 0.460 e. The first-order valence-electron chi connectivity index (χ1n) is 7.86. The molecule has 0 saturated heterocycles. The molecular weight excluding hydrogens is 304 g/mol. The molecule has 0 aliphatic carbocycles. The predicted molar refractivity (Wildman–Crippen MR) is 89.8 cm³/mol. The maximum absolute atomic E-state index is 12.1. The third kappa shape index (κ3) is 3.90. The molecule has 0 aliphatic rings. The zero-order chi connectivity index (χ0) is 16.9. The van der Waals surface area contributed by atoms with E-state index >= 15 is 0 Å². The van der Waals surface area contributed by atoms with Crippen LogP contribution in [0.25, 0.3) is 0 Å². The van der Waals surface area contributed by atoms with Crippen LogP contribution in [0.1, 0.15) is 27.3 Å². The van der Waals surface area contributed by atoms with Crippen molar-refractivity contribution in [2.75, 3.05) is 6.61 Å². The molecule has 3 rings (SSSR count). The van der Waals surface area contributed by atoms with Crippen molar-refractivity contribution in [3.8, 4) is 0 Å². The van der Waals surface area contributed by atoms with Crippen LogP contribution in [0, 0.1) is 13.8 Å². The van der Waals surface area contributed by atoms with Gasteiger partial charge in [0.1, 0.15) is 6.61 Å². The topological polar surface area (TPSA) is 61.9 Å². The summed E-state index contributed by atoms with van der Waals surface area (Å²) in [5.41, 5.74) is 3.60. The molecule has 0 fully saturated rings. The summed E-state index contributed by atoms with van der Waals surface area (Å²) in [6, 6.07) is 12.0. The van der Waals surface area contributed by atoms with Gasteiger partial charge in [-0.1, -0.05) is 30.3 Å². The summed E-state index contributed by atoms with van der Waals surface area (Å²) < 4.78 is 8.87. The minimum absolute atomic E-state index is 0.282. The molecule has 6 heteroatoms. The van der Waals surface area contributed by atoms with Gasteiger partial charge in [0.25, 0.3) is 0 Å². The van der Waals surface area contributed by atoms with Crippen molar-refractivity contribution in [2.24, 2.45) is 0 Å². The highest BCUT2D eigenvalue weighted by molar-refractivity contribution is 5.88. The Bertz CT molecular complexity index is 821. The molecule has 2 aromatic heterocycles. The lowest BCUT2D eigenvalue weighted by Gasteiger charge is -2.05. The number of benzene rings is 1. The Morgan fingerprint density at radius 1 is 1.21 bits per heavy atom. The van der Waals surface area contributed by atoms with Crippen molar-refractivity contribution in [3.63, 3.8) is 0 Å². The number of hydrogen-bond donors (Lipinski definition) is 0. The van der Waals surface area contributed by atoms with Gasteiger partial charge in [0.2, 0.25) is 0 Å². The standard InChI is InChI=1S/C18H20N4O2/c1-14-10-15(2)22(20-14)8-9-24-18(23)17-11-19-21(13-17)12-16-6-4-3-5-7-16/h3-7,10-11,13H,8-9,12H2,1-2H3. The van der Waals surface area contributed by atoms with Crippen LogP contribution in [-0.2, 0) is 17.8 Å². The molecule has 0 spiro atoms. The van der Waals surface area contributed by atoms with Gasteiger partial charge < -0.3 is 4.74 Å². The highest BCUT2D eigenvalue weighted by Gasteiger charge is 2.11. The van der Waals surface area contributed by atoms with Gasteiger partial charge in [-0.15, -0.1) is 0 Å². The summed E-state index contributed by atoms with van der Waals surface area (Å²) in [7, 11) is 0. The minimum Gasteiger partial charge on any atom is -0.460 e. The molecule has 124 valence electrons. The molecule has 0 N–H and O–H groups in total. The molecule has 3 aromatic rings. The van der Waals surface area contributed by atoms with E-state index in [4.69, 9.17) is 4.74 Å². The van der Waals surface area contributed by atoms with E-state index in [1.165, 1.54) is 6.20 Å². The summed E-state index contributed by atoms with van der Waals surface area (Å²) in [4.78, 5) is 12.1. The van der Waals surface area contributed by atoms with Crippen LogP contribution >= 0.6 is 0 Å². The molecule has 1 aromatic carbocycles. The van der Waals surface area contributed by atoms with E-state index < -0.39 is 0 Å². The molecule has 0 saturated carbocycles. The fourth-order valence-corrected chi connectivity index (χ4v) is 2.54. The first-order valence-corrected chi connectivity index (χ1v) is 7.86. The first-order chi connectivity index (χ1) is 11.6. The van der Waals surface area contributed by atoms with Gasteiger partial charge in [-0.2, -0.15) is 10.2 Å². The Balaban J connectivity index is 1.53. The van der Waals surface area contributed by atoms with Gasteiger partial charge in [0.05, 0.1) is 30.5 Å². The number of rotatable bonds is 6. The zero-order valence-electron chi connectivity index (χ0n) is 13.8. The average Bonchev–Trinajstić information content (AvgIpc) is 3.15. The molecule has 0 aliphatic heterocycles. The van der Waals surface area contributed by atoms with Crippen molar-refractivity contribution in [1.82, 2.24) is 19.6 Å². The Labute approximate surface area is 140 Å². The molecule has 0 amide bonds. The second-order valence-corrected chi connectivity index (χ2v) is 5.70. The maximum atomic E-state index is 12.1. The number of carbonyl (C=O) groups excluding carboxylic acids is 1. The number of nitrogens with zero attached hydrogens (tertiary/aromatic N) is 4. The first kappa shape index (κ1) is 16.0. The van der Waals surface area contributed by atoms with Crippen LogP contribution in [0.4, 0.5) is 0 Å². The summed E-state index contributed by atoms with van der Waals surface area (Å²) in [6.45, 7) is 5.38. The van der Waals surface area contributed by atoms with Crippen molar-refractivity contribution >= 4 is 5.97 Å². The summed E-state index contributed by atoms with van der Waals surface area (Å²) in [5, 5.41) is 8.55. The molecule has 2 heterocycles. The zero-order valence-corrected chi connectivity index (χ0v) is 13.8. The fraction of sp³-hybridized carbons (Fsp3) is 0.278. The van der Waals surface area contributed by atoms with Gasteiger partial charge >= 0.3 is 5.97 Å². The maximum Gasteiger partial charge on any atom is 0.341 e. The van der Waals surface area contributed by atoms with Crippen LogP contribution in [0.15, 0.2) is 48.8 Å². The number of esters is 1. The SMILES string of the molecule is Cc1cc(C)n(CCOC(=O)c2cnn(Cc3ccccc3)c2)n1. The van der Waals surface area contributed by atoms with Gasteiger partial charge in [-0.25, -0.2) is 4.79 Å². The van der Waals surface area contributed by atoms with E-state index in [2.05, 4.69) is 10.2 Å². The Morgan fingerprint density at radius 3 is 2.71 bits per heavy atom. The number of hydrogen-bond acceptors (Lipinski definition) is 4. The van der Waals surface area contributed by atoms with E-state index in [9.17, 15) is 4.79 Å². The predicted octanol–water partition coefficient (Wildman–Crippen LogP) is 2.60. The second kappa shape index (κ2) is 7.12.